The first-order chi connectivity index (χ1) is 7.55. The molecule has 1 rings (SSSR count). The molecule has 0 aliphatic carbocycles. The van der Waals surface area contributed by atoms with Crippen LogP contribution in [0, 0.1) is 0 Å². The van der Waals surface area contributed by atoms with Gasteiger partial charge >= 0.3 is 0 Å². The Hall–Kier alpha value is -0.580. The number of rotatable bonds is 5. The van der Waals surface area contributed by atoms with Gasteiger partial charge in [0, 0.05) is 6.07 Å². The first-order valence-electron chi connectivity index (χ1n) is 5.14. The lowest BCUT2D eigenvalue weighted by molar-refractivity contribution is 0.202. The maximum atomic E-state index is 9.40. The fourth-order valence-electron chi connectivity index (χ4n) is 1.42. The first kappa shape index (κ1) is 13.5. The van der Waals surface area contributed by atoms with E-state index in [9.17, 15) is 5.11 Å². The Bertz CT molecular complexity index is 327. The quantitative estimate of drug-likeness (QED) is 0.634. The van der Waals surface area contributed by atoms with Gasteiger partial charge in [0.2, 0.25) is 5.28 Å². The van der Waals surface area contributed by atoms with Gasteiger partial charge in [-0.2, -0.15) is 0 Å². The first-order valence-corrected chi connectivity index (χ1v) is 5.90. The predicted octanol–water partition coefficient (Wildman–Crippen LogP) is 2.75. The summed E-state index contributed by atoms with van der Waals surface area (Å²) in [6, 6.07) is 1.59. The molecule has 0 radical (unpaired) electrons. The highest BCUT2D eigenvalue weighted by molar-refractivity contribution is 6.32. The van der Waals surface area contributed by atoms with Crippen LogP contribution in [0.15, 0.2) is 6.07 Å². The molecule has 0 aliphatic rings. The van der Waals surface area contributed by atoms with Crippen LogP contribution in [0.4, 0.5) is 5.82 Å². The summed E-state index contributed by atoms with van der Waals surface area (Å²) in [7, 11) is 0. The fraction of sp³-hybridized carbons (Fsp3) is 0.600. The summed E-state index contributed by atoms with van der Waals surface area (Å²) in [6.07, 6.45) is 1.55. The van der Waals surface area contributed by atoms with Crippen molar-refractivity contribution in [2.24, 2.45) is 0 Å². The largest absolute Gasteiger partial charge is 0.394 e. The van der Waals surface area contributed by atoms with E-state index >= 15 is 0 Å². The topological polar surface area (TPSA) is 58.0 Å². The number of aliphatic hydroxyl groups is 1. The maximum Gasteiger partial charge on any atom is 0.225 e. The molecule has 0 amide bonds. The van der Waals surface area contributed by atoms with Gasteiger partial charge in [0.05, 0.1) is 12.1 Å². The summed E-state index contributed by atoms with van der Waals surface area (Å²) in [5, 5.41) is 12.9. The third kappa shape index (κ3) is 3.20. The molecule has 0 bridgehead atoms. The van der Waals surface area contributed by atoms with Gasteiger partial charge < -0.3 is 10.4 Å². The molecule has 0 aliphatic heterocycles. The van der Waals surface area contributed by atoms with Gasteiger partial charge in [-0.3, -0.25) is 0 Å². The van der Waals surface area contributed by atoms with Crippen molar-refractivity contribution < 1.29 is 5.11 Å². The minimum atomic E-state index is -0.388. The van der Waals surface area contributed by atoms with Crippen molar-refractivity contribution in [2.75, 3.05) is 11.9 Å². The van der Waals surface area contributed by atoms with Crippen molar-refractivity contribution in [3.05, 3.63) is 16.5 Å². The van der Waals surface area contributed by atoms with E-state index < -0.39 is 0 Å². The average molecular weight is 264 g/mol. The third-order valence-corrected chi connectivity index (χ3v) is 3.08. The SMILES string of the molecule is CCC(CC)(CO)Nc1cc(Cl)nc(Cl)n1. The van der Waals surface area contributed by atoms with Crippen LogP contribution in [0.3, 0.4) is 0 Å². The summed E-state index contributed by atoms with van der Waals surface area (Å²) in [4.78, 5) is 7.77. The van der Waals surface area contributed by atoms with Crippen LogP contribution in [0.5, 0.6) is 0 Å². The molecule has 0 unspecified atom stereocenters. The van der Waals surface area contributed by atoms with Crippen LogP contribution in [-0.4, -0.2) is 27.2 Å². The highest BCUT2D eigenvalue weighted by atomic mass is 35.5. The standard InChI is InChI=1S/C10H15Cl2N3O/c1-3-10(4-2,6-16)15-8-5-7(11)13-9(12)14-8/h5,16H,3-4,6H2,1-2H3,(H,13,14,15). The van der Waals surface area contributed by atoms with Gasteiger partial charge in [-0.15, -0.1) is 0 Å². The summed E-state index contributed by atoms with van der Waals surface area (Å²) in [5.41, 5.74) is -0.388. The van der Waals surface area contributed by atoms with E-state index in [4.69, 9.17) is 23.2 Å². The molecule has 0 saturated carbocycles. The third-order valence-electron chi connectivity index (χ3n) is 2.72. The zero-order chi connectivity index (χ0) is 12.2. The normalized spacial score (nSPS) is 11.6. The molecule has 0 saturated heterocycles. The monoisotopic (exact) mass is 263 g/mol. The summed E-state index contributed by atoms with van der Waals surface area (Å²) < 4.78 is 0. The second-order valence-corrected chi connectivity index (χ2v) is 4.34. The molecule has 0 aromatic carbocycles. The number of halogens is 2. The second kappa shape index (κ2) is 5.66. The van der Waals surface area contributed by atoms with E-state index in [2.05, 4.69) is 15.3 Å². The number of anilines is 1. The van der Waals surface area contributed by atoms with Gasteiger partial charge in [-0.05, 0) is 24.4 Å². The highest BCUT2D eigenvalue weighted by Crippen LogP contribution is 2.22. The predicted molar refractivity (Wildman–Crippen MR) is 66.1 cm³/mol. The van der Waals surface area contributed by atoms with Crippen LogP contribution < -0.4 is 5.32 Å². The lowest BCUT2D eigenvalue weighted by Crippen LogP contribution is -2.41. The Kier molecular flexibility index (Phi) is 4.77. The lowest BCUT2D eigenvalue weighted by atomic mass is 9.94. The minimum Gasteiger partial charge on any atom is -0.394 e. The molecule has 16 heavy (non-hydrogen) atoms. The van der Waals surface area contributed by atoms with E-state index in [1.807, 2.05) is 13.8 Å². The Morgan fingerprint density at radius 2 is 1.94 bits per heavy atom. The van der Waals surface area contributed by atoms with Crippen LogP contribution in [0.25, 0.3) is 0 Å². The Morgan fingerprint density at radius 3 is 2.38 bits per heavy atom. The zero-order valence-electron chi connectivity index (χ0n) is 9.30. The van der Waals surface area contributed by atoms with Crippen LogP contribution in [-0.2, 0) is 0 Å². The molecular formula is C10H15Cl2N3O. The van der Waals surface area contributed by atoms with E-state index in [1.54, 1.807) is 6.07 Å². The van der Waals surface area contributed by atoms with Crippen molar-refractivity contribution in [3.63, 3.8) is 0 Å². The van der Waals surface area contributed by atoms with Gasteiger partial charge in [0.25, 0.3) is 0 Å². The summed E-state index contributed by atoms with van der Waals surface area (Å²) >= 11 is 11.5. The van der Waals surface area contributed by atoms with Crippen molar-refractivity contribution in [1.82, 2.24) is 9.97 Å². The Morgan fingerprint density at radius 1 is 1.31 bits per heavy atom. The number of aromatic nitrogens is 2. The maximum absolute atomic E-state index is 9.40. The molecule has 1 heterocycles. The minimum absolute atomic E-state index is 0.0270. The van der Waals surface area contributed by atoms with E-state index in [0.717, 1.165) is 12.8 Å². The Labute approximate surface area is 105 Å². The van der Waals surface area contributed by atoms with Crippen molar-refractivity contribution >= 4 is 29.0 Å². The number of nitrogens with one attached hydrogen (secondary N) is 1. The molecule has 0 spiro atoms. The number of nitrogens with zero attached hydrogens (tertiary/aromatic N) is 2. The summed E-state index contributed by atoms with van der Waals surface area (Å²) in [6.45, 7) is 4.02. The smallest absolute Gasteiger partial charge is 0.225 e. The number of aliphatic hydroxyl groups excluding tert-OH is 1. The lowest BCUT2D eigenvalue weighted by Gasteiger charge is -2.31. The number of hydrogen-bond donors (Lipinski definition) is 2. The van der Waals surface area contributed by atoms with Crippen molar-refractivity contribution in [3.8, 4) is 0 Å². The molecule has 1 aromatic heterocycles. The van der Waals surface area contributed by atoms with Crippen LogP contribution >= 0.6 is 23.2 Å². The summed E-state index contributed by atoms with van der Waals surface area (Å²) in [5.74, 6) is 0.530. The van der Waals surface area contributed by atoms with Crippen molar-refractivity contribution in [2.45, 2.75) is 32.2 Å². The highest BCUT2D eigenvalue weighted by Gasteiger charge is 2.25. The van der Waals surface area contributed by atoms with Gasteiger partial charge in [-0.1, -0.05) is 25.4 Å². The van der Waals surface area contributed by atoms with Gasteiger partial charge in [0.1, 0.15) is 11.0 Å². The van der Waals surface area contributed by atoms with Gasteiger partial charge in [0.15, 0.2) is 0 Å². The molecule has 4 nitrogen and oxygen atoms in total. The molecule has 2 N–H and O–H groups in total. The zero-order valence-corrected chi connectivity index (χ0v) is 10.8. The van der Waals surface area contributed by atoms with Crippen LogP contribution in [0.1, 0.15) is 26.7 Å². The molecule has 1 aromatic rings. The molecule has 6 heteroatoms. The fourth-order valence-corrected chi connectivity index (χ4v) is 1.82. The van der Waals surface area contributed by atoms with E-state index in [-0.39, 0.29) is 22.6 Å². The van der Waals surface area contributed by atoms with E-state index in [0.29, 0.717) is 5.82 Å². The average Bonchev–Trinajstić information content (AvgIpc) is 2.25. The van der Waals surface area contributed by atoms with Crippen LogP contribution in [0.2, 0.25) is 10.4 Å². The van der Waals surface area contributed by atoms with Crippen molar-refractivity contribution in [1.29, 1.82) is 0 Å². The second-order valence-electron chi connectivity index (χ2n) is 3.62. The molecular weight excluding hydrogens is 249 g/mol. The van der Waals surface area contributed by atoms with E-state index in [1.165, 1.54) is 0 Å². The molecule has 0 atom stereocenters. The van der Waals surface area contributed by atoms with Gasteiger partial charge in [-0.25, -0.2) is 9.97 Å². The number of hydrogen-bond acceptors (Lipinski definition) is 4. The Balaban J connectivity index is 2.93. The molecule has 90 valence electrons. The molecule has 0 fully saturated rings.